The average molecular weight is 161 g/mol. The number of carboxylic acid groups (broad SMARTS) is 1. The third kappa shape index (κ3) is 0.906. The van der Waals surface area contributed by atoms with Gasteiger partial charge in [0.1, 0.15) is 0 Å². The van der Waals surface area contributed by atoms with Gasteiger partial charge < -0.3 is 5.11 Å². The molecular formula is C9H7NO2. The summed E-state index contributed by atoms with van der Waals surface area (Å²) >= 11 is 0. The molecule has 0 atom stereocenters. The largest absolute Gasteiger partial charge is 0.478 e. The summed E-state index contributed by atoms with van der Waals surface area (Å²) in [6.07, 6.45) is 1.71. The van der Waals surface area contributed by atoms with Crippen molar-refractivity contribution in [1.29, 1.82) is 0 Å². The second kappa shape index (κ2) is 2.44. The molecule has 2 rings (SSSR count). The number of benzene rings is 1. The van der Waals surface area contributed by atoms with E-state index in [0.29, 0.717) is 12.1 Å². The molecule has 3 heteroatoms. The first kappa shape index (κ1) is 7.03. The van der Waals surface area contributed by atoms with Crippen LogP contribution in [0.2, 0.25) is 0 Å². The monoisotopic (exact) mass is 161 g/mol. The van der Waals surface area contributed by atoms with Gasteiger partial charge in [-0.05, 0) is 17.2 Å². The van der Waals surface area contributed by atoms with Gasteiger partial charge in [-0.25, -0.2) is 4.79 Å². The van der Waals surface area contributed by atoms with Gasteiger partial charge in [0.25, 0.3) is 0 Å². The molecule has 0 aliphatic carbocycles. The summed E-state index contributed by atoms with van der Waals surface area (Å²) in [5, 5.41) is 8.79. The van der Waals surface area contributed by atoms with Gasteiger partial charge in [-0.15, -0.1) is 0 Å². The molecule has 0 fully saturated rings. The third-order valence-corrected chi connectivity index (χ3v) is 1.92. The van der Waals surface area contributed by atoms with Crippen molar-refractivity contribution in [3.05, 3.63) is 34.9 Å². The van der Waals surface area contributed by atoms with Gasteiger partial charge >= 0.3 is 5.97 Å². The minimum absolute atomic E-state index is 0.366. The van der Waals surface area contributed by atoms with Crippen LogP contribution >= 0.6 is 0 Å². The Morgan fingerprint density at radius 2 is 2.33 bits per heavy atom. The minimum atomic E-state index is -0.877. The van der Waals surface area contributed by atoms with Crippen LogP contribution in [-0.2, 0) is 6.54 Å². The first-order valence-corrected chi connectivity index (χ1v) is 3.64. The molecule has 1 N–H and O–H groups in total. The molecule has 60 valence electrons. The number of aliphatic imine (C=N–C) groups is 1. The number of rotatable bonds is 1. The molecule has 1 aliphatic rings. The van der Waals surface area contributed by atoms with E-state index in [0.717, 1.165) is 11.1 Å². The van der Waals surface area contributed by atoms with Crippen LogP contribution in [0.5, 0.6) is 0 Å². The van der Waals surface area contributed by atoms with Gasteiger partial charge in [-0.3, -0.25) is 4.99 Å². The number of fused-ring (bicyclic) bond motifs is 1. The fourth-order valence-corrected chi connectivity index (χ4v) is 1.34. The summed E-state index contributed by atoms with van der Waals surface area (Å²) in [6.45, 7) is 0.498. The summed E-state index contributed by atoms with van der Waals surface area (Å²) < 4.78 is 0. The summed E-state index contributed by atoms with van der Waals surface area (Å²) in [5.74, 6) is -0.877. The van der Waals surface area contributed by atoms with Crippen molar-refractivity contribution in [3.63, 3.8) is 0 Å². The molecule has 1 aliphatic heterocycles. The van der Waals surface area contributed by atoms with E-state index in [1.807, 2.05) is 6.07 Å². The summed E-state index contributed by atoms with van der Waals surface area (Å²) in [4.78, 5) is 14.7. The molecule has 1 heterocycles. The maximum atomic E-state index is 10.7. The average Bonchev–Trinajstić information content (AvgIpc) is 2.49. The van der Waals surface area contributed by atoms with E-state index in [1.54, 1.807) is 18.3 Å². The van der Waals surface area contributed by atoms with Crippen LogP contribution in [0.1, 0.15) is 21.5 Å². The van der Waals surface area contributed by atoms with Gasteiger partial charge in [-0.1, -0.05) is 12.1 Å². The molecule has 0 bridgehead atoms. The molecule has 1 aromatic rings. The van der Waals surface area contributed by atoms with E-state index in [1.165, 1.54) is 0 Å². The number of nitrogens with zero attached hydrogens (tertiary/aromatic N) is 1. The Kier molecular flexibility index (Phi) is 1.43. The van der Waals surface area contributed by atoms with Gasteiger partial charge in [0, 0.05) is 6.21 Å². The van der Waals surface area contributed by atoms with Crippen LogP contribution in [0, 0.1) is 0 Å². The predicted molar refractivity (Wildman–Crippen MR) is 44.7 cm³/mol. The molecule has 1 aromatic carbocycles. The highest BCUT2D eigenvalue weighted by atomic mass is 16.4. The topological polar surface area (TPSA) is 49.7 Å². The van der Waals surface area contributed by atoms with Crippen LogP contribution in [0.25, 0.3) is 0 Å². The van der Waals surface area contributed by atoms with Crippen molar-refractivity contribution in [2.24, 2.45) is 4.99 Å². The Balaban J connectivity index is 2.60. The van der Waals surface area contributed by atoms with Crippen molar-refractivity contribution < 1.29 is 9.90 Å². The van der Waals surface area contributed by atoms with E-state index < -0.39 is 5.97 Å². The fraction of sp³-hybridized carbons (Fsp3) is 0.111. The van der Waals surface area contributed by atoms with Crippen molar-refractivity contribution >= 4 is 12.2 Å². The van der Waals surface area contributed by atoms with Crippen LogP contribution in [0.3, 0.4) is 0 Å². The van der Waals surface area contributed by atoms with E-state index in [9.17, 15) is 4.79 Å². The highest BCUT2D eigenvalue weighted by molar-refractivity contribution is 5.95. The fourth-order valence-electron chi connectivity index (χ4n) is 1.34. The van der Waals surface area contributed by atoms with Gasteiger partial charge in [0.05, 0.1) is 12.1 Å². The normalized spacial score (nSPS) is 13.0. The molecule has 3 nitrogen and oxygen atoms in total. The standard InChI is InChI=1S/C9H7NO2/c11-9(12)7-3-1-2-6-4-10-5-8(6)7/h1-4H,5H2,(H,11,12). The van der Waals surface area contributed by atoms with Gasteiger partial charge in [-0.2, -0.15) is 0 Å². The van der Waals surface area contributed by atoms with Gasteiger partial charge in [0.15, 0.2) is 0 Å². The smallest absolute Gasteiger partial charge is 0.336 e. The molecule has 0 unspecified atom stereocenters. The van der Waals surface area contributed by atoms with Crippen molar-refractivity contribution in [2.45, 2.75) is 6.54 Å². The first-order valence-electron chi connectivity index (χ1n) is 3.64. The molecule has 0 radical (unpaired) electrons. The SMILES string of the molecule is O=C(O)c1cccc2c1CN=C2. The Morgan fingerprint density at radius 3 is 3.08 bits per heavy atom. The molecule has 0 spiro atoms. The maximum absolute atomic E-state index is 10.7. The van der Waals surface area contributed by atoms with E-state index in [-0.39, 0.29) is 0 Å². The zero-order valence-electron chi connectivity index (χ0n) is 6.32. The number of aromatic carboxylic acids is 1. The summed E-state index contributed by atoms with van der Waals surface area (Å²) in [5.41, 5.74) is 2.12. The number of hydrogen-bond donors (Lipinski definition) is 1. The third-order valence-electron chi connectivity index (χ3n) is 1.92. The molecule has 12 heavy (non-hydrogen) atoms. The molecule has 0 saturated carbocycles. The Labute approximate surface area is 69.4 Å². The Morgan fingerprint density at radius 1 is 1.50 bits per heavy atom. The summed E-state index contributed by atoms with van der Waals surface area (Å²) in [6, 6.07) is 5.22. The lowest BCUT2D eigenvalue weighted by atomic mass is 10.0. The van der Waals surface area contributed by atoms with Gasteiger partial charge in [0.2, 0.25) is 0 Å². The number of hydrogen-bond acceptors (Lipinski definition) is 2. The van der Waals surface area contributed by atoms with E-state index >= 15 is 0 Å². The lowest BCUT2D eigenvalue weighted by molar-refractivity contribution is 0.0696. The second-order valence-electron chi connectivity index (χ2n) is 2.65. The van der Waals surface area contributed by atoms with Crippen LogP contribution in [0.4, 0.5) is 0 Å². The van der Waals surface area contributed by atoms with Crippen LogP contribution < -0.4 is 0 Å². The Bertz CT molecular complexity index is 369. The predicted octanol–water partition coefficient (Wildman–Crippen LogP) is 1.32. The quantitative estimate of drug-likeness (QED) is 0.675. The molecular weight excluding hydrogens is 154 g/mol. The van der Waals surface area contributed by atoms with E-state index in [2.05, 4.69) is 4.99 Å². The zero-order chi connectivity index (χ0) is 8.55. The highest BCUT2D eigenvalue weighted by Gasteiger charge is 2.14. The highest BCUT2D eigenvalue weighted by Crippen LogP contribution is 2.18. The second-order valence-corrected chi connectivity index (χ2v) is 2.65. The van der Waals surface area contributed by atoms with Crippen molar-refractivity contribution in [2.75, 3.05) is 0 Å². The Hall–Kier alpha value is -1.64. The lowest BCUT2D eigenvalue weighted by Crippen LogP contribution is -2.01. The van der Waals surface area contributed by atoms with E-state index in [4.69, 9.17) is 5.11 Å². The number of carboxylic acids is 1. The molecule has 0 saturated heterocycles. The van der Waals surface area contributed by atoms with Crippen molar-refractivity contribution in [1.82, 2.24) is 0 Å². The molecule has 0 aromatic heterocycles. The van der Waals surface area contributed by atoms with Crippen molar-refractivity contribution in [3.8, 4) is 0 Å². The molecule has 0 amide bonds. The minimum Gasteiger partial charge on any atom is -0.478 e. The maximum Gasteiger partial charge on any atom is 0.336 e. The summed E-state index contributed by atoms with van der Waals surface area (Å²) in [7, 11) is 0. The lowest BCUT2D eigenvalue weighted by Gasteiger charge is -2.00. The number of carbonyl (C=O) groups is 1. The first-order chi connectivity index (χ1) is 5.79. The zero-order valence-corrected chi connectivity index (χ0v) is 6.32. The van der Waals surface area contributed by atoms with Crippen LogP contribution in [0.15, 0.2) is 23.2 Å². The van der Waals surface area contributed by atoms with Crippen LogP contribution in [-0.4, -0.2) is 17.3 Å².